The van der Waals surface area contributed by atoms with Gasteiger partial charge in [0.2, 0.25) is 0 Å². The second-order valence-electron chi connectivity index (χ2n) is 4.60. The minimum atomic E-state index is 0.226. The van der Waals surface area contributed by atoms with Crippen LogP contribution in [0.2, 0.25) is 0 Å². The molecule has 1 unspecified atom stereocenters. The Kier molecular flexibility index (Phi) is 4.98. The first-order chi connectivity index (χ1) is 9.29. The van der Waals surface area contributed by atoms with Crippen LogP contribution in [0.1, 0.15) is 36.5 Å². The molecule has 0 fully saturated rings. The van der Waals surface area contributed by atoms with E-state index >= 15 is 0 Å². The van der Waals surface area contributed by atoms with E-state index < -0.39 is 0 Å². The van der Waals surface area contributed by atoms with Crippen LogP contribution in [0.15, 0.2) is 36.8 Å². The Morgan fingerprint density at radius 1 is 1.16 bits per heavy atom. The highest BCUT2D eigenvalue weighted by atomic mass is 15.0. The second-order valence-corrected chi connectivity index (χ2v) is 4.60. The van der Waals surface area contributed by atoms with Crippen LogP contribution in [0.4, 0.5) is 0 Å². The SMILES string of the molecule is CCCNC(Cc1ccncc1)c1ccnc(C)n1. The molecule has 2 rings (SSSR count). The maximum absolute atomic E-state index is 4.53. The van der Waals surface area contributed by atoms with Crippen molar-refractivity contribution in [2.45, 2.75) is 32.7 Å². The summed E-state index contributed by atoms with van der Waals surface area (Å²) in [5.74, 6) is 0.815. The summed E-state index contributed by atoms with van der Waals surface area (Å²) in [6.45, 7) is 5.08. The van der Waals surface area contributed by atoms with Crippen molar-refractivity contribution in [2.75, 3.05) is 6.54 Å². The van der Waals surface area contributed by atoms with Gasteiger partial charge in [0.25, 0.3) is 0 Å². The van der Waals surface area contributed by atoms with E-state index in [2.05, 4.69) is 39.3 Å². The molecule has 2 aromatic heterocycles. The van der Waals surface area contributed by atoms with Gasteiger partial charge in [-0.25, -0.2) is 9.97 Å². The van der Waals surface area contributed by atoms with Gasteiger partial charge in [-0.2, -0.15) is 0 Å². The number of hydrogen-bond donors (Lipinski definition) is 1. The van der Waals surface area contributed by atoms with Gasteiger partial charge in [0.1, 0.15) is 5.82 Å². The Morgan fingerprint density at radius 2 is 1.95 bits per heavy atom. The first-order valence-electron chi connectivity index (χ1n) is 6.71. The average molecular weight is 256 g/mol. The van der Waals surface area contributed by atoms with E-state index in [0.29, 0.717) is 0 Å². The van der Waals surface area contributed by atoms with Crippen molar-refractivity contribution in [1.29, 1.82) is 0 Å². The summed E-state index contributed by atoms with van der Waals surface area (Å²) >= 11 is 0. The predicted molar refractivity (Wildman–Crippen MR) is 75.7 cm³/mol. The van der Waals surface area contributed by atoms with E-state index in [0.717, 1.165) is 30.9 Å². The van der Waals surface area contributed by atoms with Gasteiger partial charge in [0, 0.05) is 18.6 Å². The highest BCUT2D eigenvalue weighted by molar-refractivity contribution is 5.16. The Labute approximate surface area is 114 Å². The smallest absolute Gasteiger partial charge is 0.125 e. The number of pyridine rings is 1. The fraction of sp³-hybridized carbons (Fsp3) is 0.400. The lowest BCUT2D eigenvalue weighted by Gasteiger charge is -2.18. The summed E-state index contributed by atoms with van der Waals surface area (Å²) in [7, 11) is 0. The largest absolute Gasteiger partial charge is 0.308 e. The van der Waals surface area contributed by atoms with Crippen molar-refractivity contribution >= 4 is 0 Å². The summed E-state index contributed by atoms with van der Waals surface area (Å²) in [5, 5.41) is 3.55. The molecule has 0 aromatic carbocycles. The Hall–Kier alpha value is -1.81. The monoisotopic (exact) mass is 256 g/mol. The van der Waals surface area contributed by atoms with Crippen molar-refractivity contribution in [1.82, 2.24) is 20.3 Å². The third kappa shape index (κ3) is 4.10. The summed E-state index contributed by atoms with van der Waals surface area (Å²) in [4.78, 5) is 12.7. The molecule has 0 amide bonds. The molecule has 0 radical (unpaired) electrons. The molecule has 0 aliphatic rings. The molecular formula is C15H20N4. The number of nitrogens with one attached hydrogen (secondary N) is 1. The molecule has 4 nitrogen and oxygen atoms in total. The zero-order valence-electron chi connectivity index (χ0n) is 11.5. The van der Waals surface area contributed by atoms with Crippen molar-refractivity contribution in [3.63, 3.8) is 0 Å². The van der Waals surface area contributed by atoms with Crippen LogP contribution in [0.3, 0.4) is 0 Å². The van der Waals surface area contributed by atoms with Crippen molar-refractivity contribution in [3.8, 4) is 0 Å². The number of rotatable bonds is 6. The molecule has 0 saturated carbocycles. The molecule has 1 atom stereocenters. The molecule has 4 heteroatoms. The van der Waals surface area contributed by atoms with Gasteiger partial charge < -0.3 is 5.32 Å². The highest BCUT2D eigenvalue weighted by Crippen LogP contribution is 2.16. The highest BCUT2D eigenvalue weighted by Gasteiger charge is 2.13. The average Bonchev–Trinajstić information content (AvgIpc) is 2.44. The third-order valence-electron chi connectivity index (χ3n) is 2.98. The molecule has 0 bridgehead atoms. The minimum absolute atomic E-state index is 0.226. The maximum atomic E-state index is 4.53. The number of hydrogen-bond acceptors (Lipinski definition) is 4. The van der Waals surface area contributed by atoms with Crippen LogP contribution < -0.4 is 5.32 Å². The molecule has 2 aromatic rings. The molecular weight excluding hydrogens is 236 g/mol. The van der Waals surface area contributed by atoms with Gasteiger partial charge in [-0.05, 0) is 50.1 Å². The molecule has 1 N–H and O–H groups in total. The van der Waals surface area contributed by atoms with Crippen molar-refractivity contribution < 1.29 is 0 Å². The summed E-state index contributed by atoms with van der Waals surface area (Å²) < 4.78 is 0. The molecule has 100 valence electrons. The van der Waals surface area contributed by atoms with Crippen LogP contribution >= 0.6 is 0 Å². The van der Waals surface area contributed by atoms with E-state index in [1.807, 2.05) is 31.6 Å². The predicted octanol–water partition coefficient (Wildman–Crippen LogP) is 2.46. The van der Waals surface area contributed by atoms with Crippen LogP contribution in [0, 0.1) is 6.92 Å². The first-order valence-corrected chi connectivity index (χ1v) is 6.71. The molecule has 0 saturated heterocycles. The first kappa shape index (κ1) is 13.6. The molecule has 2 heterocycles. The number of nitrogens with zero attached hydrogens (tertiary/aromatic N) is 3. The molecule has 0 aliphatic carbocycles. The molecule has 0 spiro atoms. The summed E-state index contributed by atoms with van der Waals surface area (Å²) in [6, 6.07) is 6.31. The Balaban J connectivity index is 2.16. The second kappa shape index (κ2) is 6.95. The van der Waals surface area contributed by atoms with Gasteiger partial charge in [0.15, 0.2) is 0 Å². The van der Waals surface area contributed by atoms with E-state index in [-0.39, 0.29) is 6.04 Å². The van der Waals surface area contributed by atoms with E-state index in [4.69, 9.17) is 0 Å². The van der Waals surface area contributed by atoms with E-state index in [9.17, 15) is 0 Å². The van der Waals surface area contributed by atoms with Crippen molar-refractivity contribution in [2.24, 2.45) is 0 Å². The third-order valence-corrected chi connectivity index (χ3v) is 2.98. The fourth-order valence-electron chi connectivity index (χ4n) is 2.02. The Bertz CT molecular complexity index is 499. The standard InChI is InChI=1S/C15H20N4/c1-3-7-18-15(11-13-4-8-16-9-5-13)14-6-10-17-12(2)19-14/h4-6,8-10,15,18H,3,7,11H2,1-2H3. The molecule has 19 heavy (non-hydrogen) atoms. The van der Waals surface area contributed by atoms with Gasteiger partial charge in [-0.1, -0.05) is 6.92 Å². The van der Waals surface area contributed by atoms with Crippen molar-refractivity contribution in [3.05, 3.63) is 53.9 Å². The lowest BCUT2D eigenvalue weighted by molar-refractivity contribution is 0.515. The van der Waals surface area contributed by atoms with Gasteiger partial charge in [0.05, 0.1) is 11.7 Å². The molecule has 0 aliphatic heterocycles. The number of aryl methyl sites for hydroxylation is 1. The minimum Gasteiger partial charge on any atom is -0.308 e. The topological polar surface area (TPSA) is 50.7 Å². The summed E-state index contributed by atoms with van der Waals surface area (Å²) in [5.41, 5.74) is 2.32. The van der Waals surface area contributed by atoms with Crippen LogP contribution in [-0.2, 0) is 6.42 Å². The normalized spacial score (nSPS) is 12.3. The fourth-order valence-corrected chi connectivity index (χ4v) is 2.02. The summed E-state index contributed by atoms with van der Waals surface area (Å²) in [6.07, 6.45) is 7.51. The Morgan fingerprint density at radius 3 is 2.63 bits per heavy atom. The zero-order chi connectivity index (χ0) is 13.5. The van der Waals surface area contributed by atoms with Gasteiger partial charge in [-0.3, -0.25) is 4.98 Å². The van der Waals surface area contributed by atoms with Crippen LogP contribution in [0.25, 0.3) is 0 Å². The van der Waals surface area contributed by atoms with Gasteiger partial charge in [-0.15, -0.1) is 0 Å². The van der Waals surface area contributed by atoms with E-state index in [1.54, 1.807) is 0 Å². The zero-order valence-corrected chi connectivity index (χ0v) is 11.5. The van der Waals surface area contributed by atoms with E-state index in [1.165, 1.54) is 5.56 Å². The van der Waals surface area contributed by atoms with Gasteiger partial charge >= 0.3 is 0 Å². The quantitative estimate of drug-likeness (QED) is 0.862. The lowest BCUT2D eigenvalue weighted by atomic mass is 10.0. The van der Waals surface area contributed by atoms with Crippen LogP contribution in [0.5, 0.6) is 0 Å². The maximum Gasteiger partial charge on any atom is 0.125 e. The number of aromatic nitrogens is 3. The lowest BCUT2D eigenvalue weighted by Crippen LogP contribution is -2.25. The van der Waals surface area contributed by atoms with Crippen LogP contribution in [-0.4, -0.2) is 21.5 Å².